The molecule has 0 aliphatic carbocycles. The van der Waals surface area contributed by atoms with Crippen molar-refractivity contribution in [1.82, 2.24) is 0 Å². The summed E-state index contributed by atoms with van der Waals surface area (Å²) in [6.45, 7) is 9.42. The second kappa shape index (κ2) is 4.71. The summed E-state index contributed by atoms with van der Waals surface area (Å²) in [7, 11) is 0.766. The molecule has 0 fully saturated rings. The van der Waals surface area contributed by atoms with Crippen LogP contribution in [0.3, 0.4) is 0 Å². The zero-order valence-electron chi connectivity index (χ0n) is 6.31. The molecule has 0 rings (SSSR count). The molecule has 0 aromatic carbocycles. The highest BCUT2D eigenvalue weighted by molar-refractivity contribution is 7.60. The highest BCUT2D eigenvalue weighted by Gasteiger charge is 1.94. The Morgan fingerprint density at radius 2 is 1.00 bits per heavy atom. The van der Waals surface area contributed by atoms with Crippen LogP contribution in [0.25, 0.3) is 0 Å². The minimum atomic E-state index is 0.383. The van der Waals surface area contributed by atoms with Crippen LogP contribution in [0.5, 0.6) is 0 Å². The molecule has 8 heavy (non-hydrogen) atoms. The molecule has 0 N–H and O–H groups in total. The van der Waals surface area contributed by atoms with E-state index < -0.39 is 0 Å². The first-order valence-corrected chi connectivity index (χ1v) is 7.76. The van der Waals surface area contributed by atoms with Gasteiger partial charge in [0.15, 0.2) is 0 Å². The van der Waals surface area contributed by atoms with Gasteiger partial charge in [-0.15, -0.1) is 15.8 Å². The first-order chi connectivity index (χ1) is 3.63. The quantitative estimate of drug-likeness (QED) is 0.542. The molecule has 0 atom stereocenters. The monoisotopic (exact) mass is 150 g/mol. The SMILES string of the molecule is CP(C)CCP(C)C. The maximum atomic E-state index is 2.36. The van der Waals surface area contributed by atoms with Gasteiger partial charge in [-0.3, -0.25) is 0 Å². The normalized spacial score (nSPS) is 11.2. The van der Waals surface area contributed by atoms with E-state index in [1.807, 2.05) is 0 Å². The highest BCUT2D eigenvalue weighted by atomic mass is 31.1. The van der Waals surface area contributed by atoms with Gasteiger partial charge in [-0.2, -0.15) is 0 Å². The van der Waals surface area contributed by atoms with Gasteiger partial charge in [-0.1, -0.05) is 0 Å². The Balaban J connectivity index is 2.93. The fourth-order valence-electron chi connectivity index (χ4n) is 0.400. The number of hydrogen-bond acceptors (Lipinski definition) is 0. The summed E-state index contributed by atoms with van der Waals surface area (Å²) in [5.41, 5.74) is 0. The minimum absolute atomic E-state index is 0.383. The molecule has 0 amide bonds. The molecule has 0 radical (unpaired) electrons. The van der Waals surface area contributed by atoms with E-state index in [0.717, 1.165) is 0 Å². The van der Waals surface area contributed by atoms with Crippen molar-refractivity contribution in [1.29, 1.82) is 0 Å². The summed E-state index contributed by atoms with van der Waals surface area (Å²) in [5.74, 6) is 0. The minimum Gasteiger partial charge on any atom is -0.113 e. The lowest BCUT2D eigenvalue weighted by molar-refractivity contribution is 1.49. The summed E-state index contributed by atoms with van der Waals surface area (Å²) in [6, 6.07) is 0. The fraction of sp³-hybridized carbons (Fsp3) is 1.00. The molecular formula is C6H16P2. The molecule has 0 saturated heterocycles. The molecular weight excluding hydrogens is 134 g/mol. The van der Waals surface area contributed by atoms with Crippen LogP contribution < -0.4 is 0 Å². The van der Waals surface area contributed by atoms with Crippen LogP contribution in [0.2, 0.25) is 0 Å². The maximum Gasteiger partial charge on any atom is -0.0292 e. The molecule has 0 heterocycles. The van der Waals surface area contributed by atoms with E-state index in [-0.39, 0.29) is 0 Å². The summed E-state index contributed by atoms with van der Waals surface area (Å²) in [6.07, 6.45) is 2.96. The molecule has 0 unspecified atom stereocenters. The predicted molar refractivity (Wildman–Crippen MR) is 47.3 cm³/mol. The van der Waals surface area contributed by atoms with E-state index in [1.54, 1.807) is 0 Å². The van der Waals surface area contributed by atoms with Crippen LogP contribution in [-0.2, 0) is 0 Å². The van der Waals surface area contributed by atoms with E-state index in [1.165, 1.54) is 12.3 Å². The third-order valence-electron chi connectivity index (χ3n) is 0.994. The van der Waals surface area contributed by atoms with Crippen molar-refractivity contribution < 1.29 is 0 Å². The third kappa shape index (κ3) is 6.86. The average molecular weight is 150 g/mol. The fourth-order valence-corrected chi connectivity index (χ4v) is 3.60. The third-order valence-corrected chi connectivity index (χ3v) is 3.58. The summed E-state index contributed by atoms with van der Waals surface area (Å²) in [5, 5.41) is 0. The lowest BCUT2D eigenvalue weighted by Crippen LogP contribution is -1.86. The van der Waals surface area contributed by atoms with Crippen LogP contribution in [0.1, 0.15) is 0 Å². The van der Waals surface area contributed by atoms with E-state index in [0.29, 0.717) is 15.8 Å². The van der Waals surface area contributed by atoms with Gasteiger partial charge in [0.1, 0.15) is 0 Å². The van der Waals surface area contributed by atoms with Gasteiger partial charge in [0.05, 0.1) is 0 Å². The Hall–Kier alpha value is 0.860. The molecule has 50 valence electrons. The van der Waals surface area contributed by atoms with Gasteiger partial charge >= 0.3 is 0 Å². The summed E-state index contributed by atoms with van der Waals surface area (Å²) < 4.78 is 0. The van der Waals surface area contributed by atoms with E-state index in [4.69, 9.17) is 0 Å². The standard InChI is InChI=1S/C6H16P2/c1-7(2)5-6-8(3)4/h5-6H2,1-4H3. The second-order valence-electron chi connectivity index (χ2n) is 2.61. The van der Waals surface area contributed by atoms with E-state index in [2.05, 4.69) is 26.7 Å². The van der Waals surface area contributed by atoms with Crippen molar-refractivity contribution >= 4 is 15.8 Å². The largest absolute Gasteiger partial charge is 0.113 e. The van der Waals surface area contributed by atoms with Gasteiger partial charge in [0, 0.05) is 0 Å². The van der Waals surface area contributed by atoms with Crippen LogP contribution in [-0.4, -0.2) is 39.0 Å². The topological polar surface area (TPSA) is 0 Å². The second-order valence-corrected chi connectivity index (χ2v) is 7.82. The van der Waals surface area contributed by atoms with Gasteiger partial charge in [0.25, 0.3) is 0 Å². The average Bonchev–Trinajstić information content (AvgIpc) is 1.61. The predicted octanol–water partition coefficient (Wildman–Crippen LogP) is 2.47. The zero-order chi connectivity index (χ0) is 6.57. The molecule has 0 bridgehead atoms. The lowest BCUT2D eigenvalue weighted by Gasteiger charge is -2.07. The highest BCUT2D eigenvalue weighted by Crippen LogP contribution is 2.32. The lowest BCUT2D eigenvalue weighted by atomic mass is 11.0. The first-order valence-electron chi connectivity index (χ1n) is 2.92. The zero-order valence-corrected chi connectivity index (χ0v) is 8.10. The van der Waals surface area contributed by atoms with Crippen LogP contribution in [0.15, 0.2) is 0 Å². The Morgan fingerprint density at radius 3 is 1.12 bits per heavy atom. The van der Waals surface area contributed by atoms with Crippen LogP contribution in [0.4, 0.5) is 0 Å². The Bertz CT molecular complexity index is 42.5. The van der Waals surface area contributed by atoms with Gasteiger partial charge < -0.3 is 0 Å². The Labute approximate surface area is 55.6 Å². The Morgan fingerprint density at radius 1 is 0.750 bits per heavy atom. The Kier molecular flexibility index (Phi) is 5.22. The smallest absolute Gasteiger partial charge is 0.0292 e. The molecule has 0 aliphatic rings. The van der Waals surface area contributed by atoms with Crippen molar-refractivity contribution in [2.45, 2.75) is 0 Å². The van der Waals surface area contributed by atoms with Crippen LogP contribution >= 0.6 is 15.8 Å². The molecule has 2 heteroatoms. The molecule has 0 spiro atoms. The van der Waals surface area contributed by atoms with Gasteiger partial charge in [0.2, 0.25) is 0 Å². The van der Waals surface area contributed by atoms with Crippen molar-refractivity contribution in [2.24, 2.45) is 0 Å². The van der Waals surface area contributed by atoms with Gasteiger partial charge in [-0.25, -0.2) is 0 Å². The van der Waals surface area contributed by atoms with Crippen molar-refractivity contribution in [3.63, 3.8) is 0 Å². The van der Waals surface area contributed by atoms with Crippen molar-refractivity contribution in [3.8, 4) is 0 Å². The first kappa shape index (κ1) is 8.86. The molecule has 0 aromatic heterocycles. The maximum absolute atomic E-state index is 2.36. The molecule has 0 aromatic rings. The molecule has 0 nitrogen and oxygen atoms in total. The van der Waals surface area contributed by atoms with Gasteiger partial charge in [-0.05, 0) is 39.0 Å². The summed E-state index contributed by atoms with van der Waals surface area (Å²) in [4.78, 5) is 0. The number of hydrogen-bond donors (Lipinski definition) is 0. The van der Waals surface area contributed by atoms with Crippen molar-refractivity contribution in [3.05, 3.63) is 0 Å². The number of rotatable bonds is 3. The molecule has 0 saturated carbocycles. The summed E-state index contributed by atoms with van der Waals surface area (Å²) >= 11 is 0. The van der Waals surface area contributed by atoms with E-state index >= 15 is 0 Å². The van der Waals surface area contributed by atoms with Crippen LogP contribution in [0, 0.1) is 0 Å². The van der Waals surface area contributed by atoms with Crippen molar-refractivity contribution in [2.75, 3.05) is 39.0 Å². The van der Waals surface area contributed by atoms with E-state index in [9.17, 15) is 0 Å². The molecule has 0 aliphatic heterocycles.